The van der Waals surface area contributed by atoms with E-state index in [1.165, 1.54) is 10.2 Å². The van der Waals surface area contributed by atoms with E-state index in [-0.39, 0.29) is 0 Å². The van der Waals surface area contributed by atoms with Crippen molar-refractivity contribution >= 4 is 28.0 Å². The van der Waals surface area contributed by atoms with E-state index in [0.29, 0.717) is 17.8 Å². The van der Waals surface area contributed by atoms with Crippen LogP contribution < -0.4 is 0 Å². The van der Waals surface area contributed by atoms with Crippen molar-refractivity contribution in [2.24, 2.45) is 0 Å². The molecule has 1 aliphatic rings. The molecule has 1 heterocycles. The van der Waals surface area contributed by atoms with Crippen LogP contribution in [-0.2, 0) is 0 Å². The van der Waals surface area contributed by atoms with Crippen molar-refractivity contribution in [3.05, 3.63) is 0 Å². The summed E-state index contributed by atoms with van der Waals surface area (Å²) in [5.74, 6) is 0. The summed E-state index contributed by atoms with van der Waals surface area (Å²) in [6.07, 6.45) is 0. The van der Waals surface area contributed by atoms with Gasteiger partial charge in [-0.15, -0.1) is 0 Å². The Morgan fingerprint density at radius 3 is 2.25 bits per heavy atom. The Labute approximate surface area is 33.4 Å². The third-order valence-electron chi connectivity index (χ3n) is 0.151. The molecule has 0 aromatic carbocycles. The van der Waals surface area contributed by atoms with Gasteiger partial charge in [0.15, 0.2) is 0 Å². The molecule has 1 rings (SSSR count). The molecule has 0 aromatic rings. The van der Waals surface area contributed by atoms with Crippen LogP contribution in [0.2, 0.25) is 0 Å². The molecule has 0 radical (unpaired) electrons. The van der Waals surface area contributed by atoms with Gasteiger partial charge in [0, 0.05) is 0 Å². The summed E-state index contributed by atoms with van der Waals surface area (Å²) in [4.78, 5) is 9.55. The van der Waals surface area contributed by atoms with Crippen molar-refractivity contribution in [3.63, 3.8) is 0 Å². The first-order chi connectivity index (χ1) is 1.89. The van der Waals surface area contributed by atoms with E-state index >= 15 is 0 Å². The Kier molecular flexibility index (Phi) is 0.513. The second kappa shape index (κ2) is 0.744. The molecule has 0 bridgehead atoms. The Morgan fingerprint density at radius 2 is 2.25 bits per heavy atom. The van der Waals surface area contributed by atoms with Crippen molar-refractivity contribution < 1.29 is 4.79 Å². The van der Waals surface area contributed by atoms with Crippen LogP contribution in [0.25, 0.3) is 0 Å². The first-order valence-corrected chi connectivity index (χ1v) is 4.48. The molecule has 4 heavy (non-hydrogen) atoms. The van der Waals surface area contributed by atoms with Gasteiger partial charge in [-0.25, -0.2) is 0 Å². The minimum atomic E-state index is 0.361. The standard InChI is InChI=1S/COSSe/c2-1-3-4-1. The second-order valence-corrected chi connectivity index (χ2v) is 4.58. The minimum absolute atomic E-state index is 0.361. The molecule has 3 heteroatoms. The van der Waals surface area contributed by atoms with Crippen LogP contribution >= 0.6 is 10.2 Å². The molecular formula is COSSe. The molecule has 22 valence electrons. The van der Waals surface area contributed by atoms with Crippen LogP contribution in [0.15, 0.2) is 0 Å². The summed E-state index contributed by atoms with van der Waals surface area (Å²) < 4.78 is 0.396. The van der Waals surface area contributed by atoms with Crippen molar-refractivity contribution in [3.8, 4) is 0 Å². The monoisotopic (exact) mass is 140 g/mol. The van der Waals surface area contributed by atoms with Crippen LogP contribution in [0.5, 0.6) is 0 Å². The summed E-state index contributed by atoms with van der Waals surface area (Å²) in [7, 11) is 1.45. The van der Waals surface area contributed by atoms with Gasteiger partial charge in [-0.05, 0) is 0 Å². The van der Waals surface area contributed by atoms with Gasteiger partial charge in [0.25, 0.3) is 0 Å². The third kappa shape index (κ3) is 0.480. The van der Waals surface area contributed by atoms with E-state index in [1.807, 2.05) is 0 Å². The van der Waals surface area contributed by atoms with Gasteiger partial charge in [-0.3, -0.25) is 0 Å². The molecule has 1 aliphatic heterocycles. The van der Waals surface area contributed by atoms with Gasteiger partial charge in [-0.2, -0.15) is 0 Å². The Balaban J connectivity index is 2.60. The van der Waals surface area contributed by atoms with E-state index in [9.17, 15) is 4.79 Å². The van der Waals surface area contributed by atoms with Crippen molar-refractivity contribution in [2.45, 2.75) is 0 Å². The molecule has 0 unspecified atom stereocenters. The topological polar surface area (TPSA) is 17.1 Å². The third-order valence-corrected chi connectivity index (χ3v) is 2.36. The Morgan fingerprint density at radius 1 is 2.00 bits per heavy atom. The van der Waals surface area contributed by atoms with Gasteiger partial charge in [0.2, 0.25) is 0 Å². The van der Waals surface area contributed by atoms with Gasteiger partial charge in [0.1, 0.15) is 0 Å². The molecule has 0 saturated carbocycles. The molecule has 1 fully saturated rings. The number of carbonyl (C=O) groups excluding carboxylic acids is 1. The van der Waals surface area contributed by atoms with Crippen LogP contribution in [0.4, 0.5) is 4.79 Å². The number of rotatable bonds is 0. The number of hydrogen-bond acceptors (Lipinski definition) is 2. The normalized spacial score (nSPS) is 21.5. The van der Waals surface area contributed by atoms with Crippen molar-refractivity contribution in [1.82, 2.24) is 0 Å². The van der Waals surface area contributed by atoms with Gasteiger partial charge in [-0.1, -0.05) is 0 Å². The van der Waals surface area contributed by atoms with Crippen LogP contribution in [0, 0.1) is 0 Å². The van der Waals surface area contributed by atoms with E-state index in [2.05, 4.69) is 0 Å². The van der Waals surface area contributed by atoms with E-state index in [4.69, 9.17) is 0 Å². The Hall–Kier alpha value is 0.539. The molecule has 0 N–H and O–H groups in total. The molecule has 0 atom stereocenters. The zero-order chi connectivity index (χ0) is 2.99. The SMILES string of the molecule is O=C1S[Se]1. The average Bonchev–Trinajstić information content (AvgIpc) is 1.75. The fraction of sp³-hybridized carbons (Fsp3) is 0. The zero-order valence-electron chi connectivity index (χ0n) is 1.72. The predicted octanol–water partition coefficient (Wildman–Crippen LogP) is 0.472. The molecule has 0 aliphatic carbocycles. The first kappa shape index (κ1) is 2.76. The first-order valence-electron chi connectivity index (χ1n) is 0.779. The van der Waals surface area contributed by atoms with Crippen molar-refractivity contribution in [2.75, 3.05) is 0 Å². The quantitative estimate of drug-likeness (QED) is 0.358. The fourth-order valence-corrected chi connectivity index (χ4v) is 0.265. The molecular weight excluding hydrogens is 139 g/mol. The maximum absolute atomic E-state index is 9.55. The molecule has 0 aromatic heterocycles. The molecule has 0 amide bonds. The predicted molar refractivity (Wildman–Crippen MR) is 18.7 cm³/mol. The summed E-state index contributed by atoms with van der Waals surface area (Å²) in [5.41, 5.74) is 0. The van der Waals surface area contributed by atoms with Crippen LogP contribution in [0.3, 0.4) is 0 Å². The summed E-state index contributed by atoms with van der Waals surface area (Å²) >= 11 is 0.361. The van der Waals surface area contributed by atoms with E-state index in [1.54, 1.807) is 0 Å². The maximum atomic E-state index is 9.55. The number of carbonyl (C=O) groups is 1. The fourth-order valence-electron chi connectivity index (χ4n) is 0.0170. The van der Waals surface area contributed by atoms with E-state index in [0.717, 1.165) is 0 Å². The van der Waals surface area contributed by atoms with E-state index < -0.39 is 0 Å². The van der Waals surface area contributed by atoms with Gasteiger partial charge < -0.3 is 0 Å². The van der Waals surface area contributed by atoms with Crippen LogP contribution in [0.1, 0.15) is 0 Å². The summed E-state index contributed by atoms with van der Waals surface area (Å²) in [5, 5.41) is 0. The van der Waals surface area contributed by atoms with Crippen LogP contribution in [-0.4, -0.2) is 17.8 Å². The average molecular weight is 139 g/mol. The molecule has 0 spiro atoms. The summed E-state index contributed by atoms with van der Waals surface area (Å²) in [6, 6.07) is 0. The van der Waals surface area contributed by atoms with Gasteiger partial charge >= 0.3 is 32.8 Å². The number of hydrogen-bond donors (Lipinski definition) is 0. The second-order valence-electron chi connectivity index (χ2n) is 0.417. The zero-order valence-corrected chi connectivity index (χ0v) is 4.25. The molecule has 1 saturated heterocycles. The Bertz CT molecular complexity index is 46.0. The summed E-state index contributed by atoms with van der Waals surface area (Å²) in [6.45, 7) is 0. The van der Waals surface area contributed by atoms with Crippen molar-refractivity contribution in [1.29, 1.82) is 0 Å². The molecule has 1 nitrogen and oxygen atoms in total. The van der Waals surface area contributed by atoms with Gasteiger partial charge in [0.05, 0.1) is 0 Å².